The van der Waals surface area contributed by atoms with E-state index in [9.17, 15) is 9.18 Å². The van der Waals surface area contributed by atoms with E-state index in [4.69, 9.17) is 0 Å². The normalized spacial score (nSPS) is 28.3. The summed E-state index contributed by atoms with van der Waals surface area (Å²) in [6.07, 6.45) is 1.54. The van der Waals surface area contributed by atoms with Gasteiger partial charge in [-0.1, -0.05) is 12.1 Å². The van der Waals surface area contributed by atoms with E-state index in [1.165, 1.54) is 12.1 Å². The number of piperazine rings is 1. The first-order valence-corrected chi connectivity index (χ1v) is 6.04. The second-order valence-corrected chi connectivity index (χ2v) is 4.68. The number of rotatable bonds is 1. The zero-order valence-electron chi connectivity index (χ0n) is 9.53. The fraction of sp³-hybridized carbons (Fsp3) is 0.462. The van der Waals surface area contributed by atoms with Crippen molar-refractivity contribution in [2.45, 2.75) is 24.9 Å². The predicted octanol–water partition coefficient (Wildman–Crippen LogP) is 1.46. The van der Waals surface area contributed by atoms with Crippen molar-refractivity contribution in [2.75, 3.05) is 13.1 Å². The van der Waals surface area contributed by atoms with Crippen molar-refractivity contribution in [3.05, 3.63) is 35.6 Å². The molecule has 0 aliphatic carbocycles. The van der Waals surface area contributed by atoms with Crippen LogP contribution in [0.3, 0.4) is 0 Å². The van der Waals surface area contributed by atoms with E-state index in [1.807, 2.05) is 4.90 Å². The highest BCUT2D eigenvalue weighted by atomic mass is 19.1. The largest absolute Gasteiger partial charge is 0.337 e. The van der Waals surface area contributed by atoms with Crippen LogP contribution in [0.1, 0.15) is 24.4 Å². The third-order valence-corrected chi connectivity index (χ3v) is 3.71. The van der Waals surface area contributed by atoms with Crippen molar-refractivity contribution in [1.82, 2.24) is 10.2 Å². The molecule has 90 valence electrons. The molecule has 0 saturated carbocycles. The van der Waals surface area contributed by atoms with Gasteiger partial charge in [0.15, 0.2) is 0 Å². The molecule has 0 bridgehead atoms. The molecule has 3 rings (SSSR count). The topological polar surface area (TPSA) is 32.3 Å². The summed E-state index contributed by atoms with van der Waals surface area (Å²) in [4.78, 5) is 13.6. The number of benzene rings is 1. The van der Waals surface area contributed by atoms with E-state index < -0.39 is 0 Å². The predicted molar refractivity (Wildman–Crippen MR) is 61.9 cm³/mol. The summed E-state index contributed by atoms with van der Waals surface area (Å²) in [6, 6.07) is 6.95. The lowest BCUT2D eigenvalue weighted by Gasteiger charge is -2.37. The molecule has 2 saturated heterocycles. The van der Waals surface area contributed by atoms with Gasteiger partial charge in [-0.15, -0.1) is 0 Å². The molecule has 0 unspecified atom stereocenters. The smallest absolute Gasteiger partial charge is 0.223 e. The van der Waals surface area contributed by atoms with E-state index in [0.29, 0.717) is 6.42 Å². The molecule has 2 fully saturated rings. The van der Waals surface area contributed by atoms with Gasteiger partial charge in [-0.25, -0.2) is 4.39 Å². The second kappa shape index (κ2) is 4.11. The second-order valence-electron chi connectivity index (χ2n) is 4.68. The van der Waals surface area contributed by atoms with Crippen LogP contribution in [0, 0.1) is 5.82 Å². The molecule has 1 aromatic carbocycles. The Bertz CT molecular complexity index is 432. The number of carbonyl (C=O) groups is 1. The van der Waals surface area contributed by atoms with Crippen LogP contribution in [0.5, 0.6) is 0 Å². The van der Waals surface area contributed by atoms with Gasteiger partial charge in [-0.3, -0.25) is 4.79 Å². The fourth-order valence-electron chi connectivity index (χ4n) is 2.88. The number of hydrogen-bond donors (Lipinski definition) is 1. The van der Waals surface area contributed by atoms with Crippen molar-refractivity contribution in [3.8, 4) is 0 Å². The molecule has 0 aromatic heterocycles. The van der Waals surface area contributed by atoms with E-state index >= 15 is 0 Å². The van der Waals surface area contributed by atoms with E-state index in [0.717, 1.165) is 25.1 Å². The van der Waals surface area contributed by atoms with Crippen LogP contribution < -0.4 is 5.32 Å². The van der Waals surface area contributed by atoms with Gasteiger partial charge in [-0.2, -0.15) is 0 Å². The van der Waals surface area contributed by atoms with Crippen LogP contribution in [0.15, 0.2) is 24.3 Å². The van der Waals surface area contributed by atoms with Gasteiger partial charge in [0.25, 0.3) is 0 Å². The van der Waals surface area contributed by atoms with Crippen molar-refractivity contribution in [3.63, 3.8) is 0 Å². The van der Waals surface area contributed by atoms with E-state index in [1.54, 1.807) is 12.1 Å². The standard InChI is InChI=1S/C13H15FN2O/c14-10-3-1-9(2-4-10)13-11-5-6-12(17)16(11)8-7-15-13/h1-4,11,13,15H,5-8H2/t11-,13-/m0/s1. The molecule has 2 atom stereocenters. The number of fused-ring (bicyclic) bond motifs is 1. The summed E-state index contributed by atoms with van der Waals surface area (Å²) in [5, 5.41) is 3.43. The summed E-state index contributed by atoms with van der Waals surface area (Å²) < 4.78 is 12.9. The third-order valence-electron chi connectivity index (χ3n) is 3.71. The molecule has 0 spiro atoms. The van der Waals surface area contributed by atoms with Crippen LogP contribution in [0.25, 0.3) is 0 Å². The van der Waals surface area contributed by atoms with Gasteiger partial charge in [0.2, 0.25) is 5.91 Å². The average molecular weight is 234 g/mol. The Kier molecular flexibility index (Phi) is 2.59. The zero-order valence-corrected chi connectivity index (χ0v) is 9.53. The Balaban J connectivity index is 1.87. The third kappa shape index (κ3) is 1.82. The number of amides is 1. The Morgan fingerprint density at radius 2 is 2.06 bits per heavy atom. The van der Waals surface area contributed by atoms with Crippen LogP contribution in [0.4, 0.5) is 4.39 Å². The summed E-state index contributed by atoms with van der Waals surface area (Å²) in [7, 11) is 0. The van der Waals surface area contributed by atoms with Crippen molar-refractivity contribution < 1.29 is 9.18 Å². The van der Waals surface area contributed by atoms with Crippen molar-refractivity contribution in [1.29, 1.82) is 0 Å². The molecule has 2 heterocycles. The van der Waals surface area contributed by atoms with Crippen molar-refractivity contribution in [2.24, 2.45) is 0 Å². The van der Waals surface area contributed by atoms with Gasteiger partial charge in [0, 0.05) is 19.5 Å². The number of nitrogens with zero attached hydrogens (tertiary/aromatic N) is 1. The first kappa shape index (κ1) is 10.7. The van der Waals surface area contributed by atoms with Crippen LogP contribution >= 0.6 is 0 Å². The number of halogens is 1. The van der Waals surface area contributed by atoms with Gasteiger partial charge < -0.3 is 10.2 Å². The SMILES string of the molecule is O=C1CC[C@H]2[C@H](c3ccc(F)cc3)NCCN12. The lowest BCUT2D eigenvalue weighted by Crippen LogP contribution is -2.51. The molecule has 0 radical (unpaired) electrons. The fourth-order valence-corrected chi connectivity index (χ4v) is 2.88. The van der Waals surface area contributed by atoms with Gasteiger partial charge in [-0.05, 0) is 24.1 Å². The highest BCUT2D eigenvalue weighted by Gasteiger charge is 2.39. The van der Waals surface area contributed by atoms with Crippen LogP contribution in [0.2, 0.25) is 0 Å². The van der Waals surface area contributed by atoms with Crippen molar-refractivity contribution >= 4 is 5.91 Å². The minimum atomic E-state index is -0.219. The minimum absolute atomic E-state index is 0.149. The summed E-state index contributed by atoms with van der Waals surface area (Å²) in [5.41, 5.74) is 1.07. The Morgan fingerprint density at radius 1 is 1.29 bits per heavy atom. The Hall–Kier alpha value is -1.42. The highest BCUT2D eigenvalue weighted by molar-refractivity contribution is 5.79. The molecule has 2 aliphatic heterocycles. The maximum absolute atomic E-state index is 12.9. The van der Waals surface area contributed by atoms with Gasteiger partial charge in [0.05, 0.1) is 12.1 Å². The highest BCUT2D eigenvalue weighted by Crippen LogP contribution is 2.32. The number of hydrogen-bond acceptors (Lipinski definition) is 2. The quantitative estimate of drug-likeness (QED) is 0.798. The maximum Gasteiger partial charge on any atom is 0.223 e. The van der Waals surface area contributed by atoms with Gasteiger partial charge in [0.1, 0.15) is 5.82 Å². The van der Waals surface area contributed by atoms with E-state index in [-0.39, 0.29) is 23.8 Å². The van der Waals surface area contributed by atoms with Crippen LogP contribution in [-0.2, 0) is 4.79 Å². The van der Waals surface area contributed by atoms with Gasteiger partial charge >= 0.3 is 0 Å². The Morgan fingerprint density at radius 3 is 2.82 bits per heavy atom. The first-order valence-electron chi connectivity index (χ1n) is 6.04. The lowest BCUT2D eigenvalue weighted by molar-refractivity contribution is -0.130. The maximum atomic E-state index is 12.9. The molecular formula is C13H15FN2O. The average Bonchev–Trinajstić information content (AvgIpc) is 2.73. The summed E-state index contributed by atoms with van der Waals surface area (Å²) in [6.45, 7) is 1.60. The van der Waals surface area contributed by atoms with Crippen LogP contribution in [-0.4, -0.2) is 29.9 Å². The monoisotopic (exact) mass is 234 g/mol. The Labute approximate surface area is 99.6 Å². The molecule has 4 heteroatoms. The lowest BCUT2D eigenvalue weighted by atomic mass is 9.95. The molecule has 3 nitrogen and oxygen atoms in total. The summed E-state index contributed by atoms with van der Waals surface area (Å²) >= 11 is 0. The molecular weight excluding hydrogens is 219 g/mol. The molecule has 1 amide bonds. The molecule has 1 N–H and O–H groups in total. The minimum Gasteiger partial charge on any atom is -0.337 e. The van der Waals surface area contributed by atoms with E-state index in [2.05, 4.69) is 5.32 Å². The molecule has 1 aromatic rings. The number of carbonyl (C=O) groups excluding carboxylic acids is 1. The molecule has 17 heavy (non-hydrogen) atoms. The summed E-state index contributed by atoms with van der Waals surface area (Å²) in [5.74, 6) is 0.0347. The first-order chi connectivity index (χ1) is 8.25. The zero-order chi connectivity index (χ0) is 11.8. The molecule has 2 aliphatic rings. The number of nitrogens with one attached hydrogen (secondary N) is 1.